The van der Waals surface area contributed by atoms with E-state index in [0.29, 0.717) is 19.0 Å². The van der Waals surface area contributed by atoms with Gasteiger partial charge in [-0.2, -0.15) is 0 Å². The van der Waals surface area contributed by atoms with Gasteiger partial charge in [-0.25, -0.2) is 9.97 Å². The lowest BCUT2D eigenvalue weighted by molar-refractivity contribution is -0.164. The number of H-pyrrole nitrogens is 1. The van der Waals surface area contributed by atoms with Crippen molar-refractivity contribution >= 4 is 36.1 Å². The molecule has 172 valence electrons. The van der Waals surface area contributed by atoms with Crippen LogP contribution in [0, 0.1) is 0 Å². The van der Waals surface area contributed by atoms with E-state index in [9.17, 15) is 4.79 Å². The molecule has 0 unspecified atom stereocenters. The molecule has 2 N–H and O–H groups in total. The topological polar surface area (TPSA) is 89.1 Å². The molecule has 2 heterocycles. The Hall–Kier alpha value is -2.55. The molecule has 0 bridgehead atoms. The molecule has 0 aliphatic carbocycles. The summed E-state index contributed by atoms with van der Waals surface area (Å²) >= 11 is 0. The Morgan fingerprint density at radius 3 is 2.19 bits per heavy atom. The van der Waals surface area contributed by atoms with Crippen LogP contribution < -0.4 is 10.6 Å². The summed E-state index contributed by atoms with van der Waals surface area (Å²) in [5, 5.41) is 5.04. The van der Waals surface area contributed by atoms with Crippen LogP contribution in [0.4, 0.5) is 5.82 Å². The van der Waals surface area contributed by atoms with Crippen molar-refractivity contribution in [3.63, 3.8) is 0 Å². The number of nitrogens with zero attached hydrogens (tertiary/aromatic N) is 2. The predicted molar refractivity (Wildman–Crippen MR) is 132 cm³/mol. The number of fused-ring (bicyclic) bond motifs is 1. The number of anilines is 1. The summed E-state index contributed by atoms with van der Waals surface area (Å²) in [5.74, 6) is 0.0948. The van der Waals surface area contributed by atoms with Gasteiger partial charge in [-0.1, -0.05) is 69.2 Å². The predicted octanol–water partition coefficient (Wildman–Crippen LogP) is 4.68. The average molecular weight is 455 g/mol. The number of carbonyl (C=O) groups is 1. The molecule has 0 spiro atoms. The van der Waals surface area contributed by atoms with Crippen LogP contribution in [0.3, 0.4) is 0 Å². The van der Waals surface area contributed by atoms with E-state index >= 15 is 0 Å². The molecule has 0 radical (unpaired) electrons. The third kappa shape index (κ3) is 4.62. The maximum Gasteiger partial charge on any atom is 0.282 e. The number of rotatable bonds is 11. The van der Waals surface area contributed by atoms with Crippen LogP contribution >= 0.6 is 0 Å². The lowest BCUT2D eigenvalue weighted by Crippen LogP contribution is -2.47. The first-order chi connectivity index (χ1) is 15.5. The van der Waals surface area contributed by atoms with E-state index in [2.05, 4.69) is 53.2 Å². The van der Waals surface area contributed by atoms with Crippen LogP contribution in [0.5, 0.6) is 0 Å². The Morgan fingerprint density at radius 1 is 1.00 bits per heavy atom. The fourth-order valence-electron chi connectivity index (χ4n) is 4.37. The number of hydrogen-bond donors (Lipinski definition) is 2. The van der Waals surface area contributed by atoms with Gasteiger partial charge < -0.3 is 19.8 Å². The first-order valence-corrected chi connectivity index (χ1v) is 14.1. The largest absolute Gasteiger partial charge is 0.346 e. The molecule has 7 nitrogen and oxygen atoms in total. The molecule has 2 aromatic heterocycles. The molecule has 0 aliphatic rings. The lowest BCUT2D eigenvalue weighted by atomic mass is 10.1. The number of ether oxygens (including phenoxy) is 2. The second-order valence-electron chi connectivity index (χ2n) is 7.76. The monoisotopic (exact) mass is 454 g/mol. The molecule has 1 amide bonds. The number of carbonyl (C=O) groups excluding carboxylic acids is 1. The van der Waals surface area contributed by atoms with Gasteiger partial charge in [0.25, 0.3) is 5.91 Å². The highest BCUT2D eigenvalue weighted by atomic mass is 28.3. The maximum absolute atomic E-state index is 12.9. The summed E-state index contributed by atoms with van der Waals surface area (Å²) < 4.78 is 11.0. The normalized spacial score (nSPS) is 11.9. The van der Waals surface area contributed by atoms with Crippen LogP contribution in [0.2, 0.25) is 18.1 Å². The first kappa shape index (κ1) is 24.1. The summed E-state index contributed by atoms with van der Waals surface area (Å²) in [5.41, 5.74) is 2.93. The van der Waals surface area contributed by atoms with Crippen molar-refractivity contribution in [1.82, 2.24) is 15.0 Å². The molecule has 0 atom stereocenters. The van der Waals surface area contributed by atoms with Crippen LogP contribution in [0.25, 0.3) is 22.2 Å². The summed E-state index contributed by atoms with van der Waals surface area (Å²) in [6, 6.07) is 13.7. The fraction of sp³-hybridized carbons (Fsp3) is 0.458. The van der Waals surface area contributed by atoms with Crippen LogP contribution in [-0.2, 0) is 14.3 Å². The second-order valence-corrected chi connectivity index (χ2v) is 12.9. The first-order valence-electron chi connectivity index (χ1n) is 11.5. The van der Waals surface area contributed by atoms with Gasteiger partial charge in [0.15, 0.2) is 0 Å². The maximum atomic E-state index is 12.9. The summed E-state index contributed by atoms with van der Waals surface area (Å²) in [7, 11) is -1.80. The lowest BCUT2D eigenvalue weighted by Gasteiger charge is -2.28. The van der Waals surface area contributed by atoms with E-state index < -0.39 is 14.4 Å². The Balaban J connectivity index is 2.21. The number of aromatic nitrogens is 3. The van der Waals surface area contributed by atoms with E-state index in [0.717, 1.165) is 40.3 Å². The van der Waals surface area contributed by atoms with Crippen LogP contribution in [0.15, 0.2) is 36.7 Å². The molecule has 0 fully saturated rings. The van der Waals surface area contributed by atoms with E-state index in [-0.39, 0.29) is 5.91 Å². The molecule has 3 aromatic rings. The SMILES string of the molecule is CCOC(OCC)C(=O)Nc1ncnc2[nH]c([Si](CC)(CC)CC)c(-c3ccccc3)c12. The van der Waals surface area contributed by atoms with Gasteiger partial charge in [-0.05, 0) is 19.4 Å². The van der Waals surface area contributed by atoms with Crippen LogP contribution in [0.1, 0.15) is 34.6 Å². The third-order valence-corrected chi connectivity index (χ3v) is 11.8. The fourth-order valence-corrected chi connectivity index (χ4v) is 8.11. The Kier molecular flexibility index (Phi) is 8.17. The van der Waals surface area contributed by atoms with E-state index in [4.69, 9.17) is 9.47 Å². The standard InChI is InChI=1S/C24H34N4O3Si/c1-6-30-24(31-7-2)22(29)27-20-19-18(17-14-12-11-13-15-17)23(28-21(19)26-16-25-20)32(8-3,9-4)10-5/h11-16,24H,6-10H2,1-5H3,(H2,25,26,27,28,29). The molecule has 8 heteroatoms. The van der Waals surface area contributed by atoms with Gasteiger partial charge in [0, 0.05) is 24.1 Å². The number of benzene rings is 1. The highest BCUT2D eigenvalue weighted by Gasteiger charge is 2.35. The summed E-state index contributed by atoms with van der Waals surface area (Å²) in [4.78, 5) is 25.6. The summed E-state index contributed by atoms with van der Waals surface area (Å²) in [6.45, 7) is 11.3. The van der Waals surface area contributed by atoms with Crippen molar-refractivity contribution in [3.8, 4) is 11.1 Å². The highest BCUT2D eigenvalue weighted by molar-refractivity contribution is 6.92. The molecule has 1 aromatic carbocycles. The minimum atomic E-state index is -1.80. The Bertz CT molecular complexity index is 1020. The second kappa shape index (κ2) is 10.8. The van der Waals surface area contributed by atoms with Gasteiger partial charge >= 0.3 is 0 Å². The van der Waals surface area contributed by atoms with E-state index in [1.165, 1.54) is 11.6 Å². The third-order valence-electron chi connectivity index (χ3n) is 6.31. The zero-order valence-electron chi connectivity index (χ0n) is 19.7. The Labute approximate surface area is 191 Å². The highest BCUT2D eigenvalue weighted by Crippen LogP contribution is 2.35. The van der Waals surface area contributed by atoms with Crippen molar-refractivity contribution < 1.29 is 14.3 Å². The Morgan fingerprint density at radius 2 is 1.62 bits per heavy atom. The van der Waals surface area contributed by atoms with Crippen molar-refractivity contribution in [2.75, 3.05) is 18.5 Å². The molecule has 32 heavy (non-hydrogen) atoms. The molecular weight excluding hydrogens is 420 g/mol. The minimum absolute atomic E-state index is 0.373. The molecular formula is C24H34N4O3Si. The average Bonchev–Trinajstić information content (AvgIpc) is 3.22. The van der Waals surface area contributed by atoms with Crippen molar-refractivity contribution in [1.29, 1.82) is 0 Å². The summed E-state index contributed by atoms with van der Waals surface area (Å²) in [6.07, 6.45) is 0.500. The minimum Gasteiger partial charge on any atom is -0.346 e. The van der Waals surface area contributed by atoms with E-state index in [1.807, 2.05) is 32.0 Å². The zero-order valence-corrected chi connectivity index (χ0v) is 20.7. The van der Waals surface area contributed by atoms with E-state index in [1.54, 1.807) is 0 Å². The van der Waals surface area contributed by atoms with Crippen molar-refractivity contribution in [2.24, 2.45) is 0 Å². The molecule has 0 saturated heterocycles. The van der Waals surface area contributed by atoms with Gasteiger partial charge in [-0.15, -0.1) is 0 Å². The molecule has 0 saturated carbocycles. The number of amides is 1. The number of nitrogens with one attached hydrogen (secondary N) is 2. The number of aromatic amines is 1. The van der Waals surface area contributed by atoms with Crippen molar-refractivity contribution in [2.45, 2.75) is 59.0 Å². The van der Waals surface area contributed by atoms with Crippen LogP contribution in [-0.4, -0.2) is 48.4 Å². The van der Waals surface area contributed by atoms with Gasteiger partial charge in [0.2, 0.25) is 6.29 Å². The van der Waals surface area contributed by atoms with Gasteiger partial charge in [0.1, 0.15) is 25.9 Å². The number of hydrogen-bond acceptors (Lipinski definition) is 5. The smallest absolute Gasteiger partial charge is 0.282 e. The van der Waals surface area contributed by atoms with Crippen molar-refractivity contribution in [3.05, 3.63) is 36.7 Å². The molecule has 3 rings (SSSR count). The van der Waals surface area contributed by atoms with Gasteiger partial charge in [0.05, 0.1) is 5.39 Å². The van der Waals surface area contributed by atoms with Gasteiger partial charge in [-0.3, -0.25) is 4.79 Å². The quantitative estimate of drug-likeness (QED) is 0.324. The molecule has 0 aliphatic heterocycles. The zero-order chi connectivity index (χ0) is 23.1.